The summed E-state index contributed by atoms with van der Waals surface area (Å²) in [5.74, 6) is 0.144. The molecule has 12 heteroatoms. The standard InChI is InChI=1S/C21H19ClFN5O4S/c1-3-10-27-20(13(2)32-16-7-4-14(23)5-8-16)25-26-21(27)33-12-19(29)24-18-11-15(28(30)31)6-9-17(18)22/h3-9,11,13H,1,10,12H2,2H3,(H,24,29). The highest BCUT2D eigenvalue weighted by atomic mass is 35.5. The van der Waals surface area contributed by atoms with Crippen LogP contribution in [0.4, 0.5) is 15.8 Å². The molecule has 1 atom stereocenters. The zero-order valence-corrected chi connectivity index (χ0v) is 19.0. The summed E-state index contributed by atoms with van der Waals surface area (Å²) in [5.41, 5.74) is -0.0427. The summed E-state index contributed by atoms with van der Waals surface area (Å²) in [7, 11) is 0. The molecule has 9 nitrogen and oxygen atoms in total. The van der Waals surface area contributed by atoms with Crippen LogP contribution in [0.2, 0.25) is 5.02 Å². The van der Waals surface area contributed by atoms with E-state index in [0.717, 1.165) is 11.8 Å². The Balaban J connectivity index is 1.68. The SMILES string of the molecule is C=CCn1c(SCC(=O)Nc2cc([N+](=O)[O-])ccc2Cl)nnc1C(C)Oc1ccc(F)cc1. The minimum Gasteiger partial charge on any atom is -0.483 e. The first-order chi connectivity index (χ1) is 15.8. The van der Waals surface area contributed by atoms with Gasteiger partial charge in [0.25, 0.3) is 5.69 Å². The van der Waals surface area contributed by atoms with Crippen LogP contribution in [0.3, 0.4) is 0 Å². The third-order valence-corrected chi connectivity index (χ3v) is 5.61. The molecule has 2 aromatic carbocycles. The van der Waals surface area contributed by atoms with Gasteiger partial charge in [-0.1, -0.05) is 29.4 Å². The van der Waals surface area contributed by atoms with E-state index in [0.29, 0.717) is 23.3 Å². The first-order valence-electron chi connectivity index (χ1n) is 9.61. The molecule has 0 aliphatic carbocycles. The summed E-state index contributed by atoms with van der Waals surface area (Å²) in [4.78, 5) is 22.8. The fourth-order valence-electron chi connectivity index (χ4n) is 2.82. The average molecular weight is 492 g/mol. The summed E-state index contributed by atoms with van der Waals surface area (Å²) in [5, 5.41) is 22.5. The van der Waals surface area contributed by atoms with E-state index in [2.05, 4.69) is 22.1 Å². The van der Waals surface area contributed by atoms with Crippen LogP contribution in [0.1, 0.15) is 18.9 Å². The van der Waals surface area contributed by atoms with E-state index in [1.165, 1.54) is 42.5 Å². The molecule has 3 aromatic rings. The van der Waals surface area contributed by atoms with Gasteiger partial charge in [-0.05, 0) is 37.3 Å². The van der Waals surface area contributed by atoms with Crippen LogP contribution in [-0.2, 0) is 11.3 Å². The molecule has 3 rings (SSSR count). The summed E-state index contributed by atoms with van der Waals surface area (Å²) >= 11 is 7.15. The minimum absolute atomic E-state index is 0.0402. The molecule has 0 aliphatic rings. The molecule has 1 unspecified atom stereocenters. The fraction of sp³-hybridized carbons (Fsp3) is 0.190. The minimum atomic E-state index is -0.574. The number of nitro benzene ring substituents is 1. The lowest BCUT2D eigenvalue weighted by Crippen LogP contribution is -2.16. The van der Waals surface area contributed by atoms with Gasteiger partial charge in [0.15, 0.2) is 17.1 Å². The number of anilines is 1. The lowest BCUT2D eigenvalue weighted by atomic mass is 10.3. The van der Waals surface area contributed by atoms with Gasteiger partial charge in [0.05, 0.1) is 21.4 Å². The van der Waals surface area contributed by atoms with Crippen molar-refractivity contribution in [3.63, 3.8) is 0 Å². The van der Waals surface area contributed by atoms with Gasteiger partial charge in [-0.25, -0.2) is 4.39 Å². The summed E-state index contributed by atoms with van der Waals surface area (Å²) in [6.07, 6.45) is 1.15. The number of halogens is 2. The van der Waals surface area contributed by atoms with Gasteiger partial charge in [0.2, 0.25) is 5.91 Å². The maximum absolute atomic E-state index is 13.1. The molecule has 1 aromatic heterocycles. The number of allylic oxidation sites excluding steroid dienone is 1. The molecule has 1 amide bonds. The largest absolute Gasteiger partial charge is 0.483 e. The number of nitrogens with one attached hydrogen (secondary N) is 1. The number of hydrogen-bond donors (Lipinski definition) is 1. The van der Waals surface area contributed by atoms with Gasteiger partial charge in [0, 0.05) is 18.7 Å². The topological polar surface area (TPSA) is 112 Å². The van der Waals surface area contributed by atoms with E-state index >= 15 is 0 Å². The van der Waals surface area contributed by atoms with Crippen molar-refractivity contribution in [2.45, 2.75) is 24.7 Å². The van der Waals surface area contributed by atoms with Crippen molar-refractivity contribution in [3.8, 4) is 5.75 Å². The number of hydrogen-bond acceptors (Lipinski definition) is 7. The quantitative estimate of drug-likeness (QED) is 0.183. The first kappa shape index (κ1) is 24.2. The molecular weight excluding hydrogens is 473 g/mol. The van der Waals surface area contributed by atoms with Crippen molar-refractivity contribution in [1.29, 1.82) is 0 Å². The molecule has 0 spiro atoms. The van der Waals surface area contributed by atoms with E-state index in [4.69, 9.17) is 16.3 Å². The van der Waals surface area contributed by atoms with Crippen molar-refractivity contribution in [2.75, 3.05) is 11.1 Å². The number of benzene rings is 2. The summed E-state index contributed by atoms with van der Waals surface area (Å²) < 4.78 is 20.7. The molecule has 1 N–H and O–H groups in total. The number of aromatic nitrogens is 3. The second kappa shape index (κ2) is 10.9. The van der Waals surface area contributed by atoms with Crippen LogP contribution >= 0.6 is 23.4 Å². The van der Waals surface area contributed by atoms with Crippen molar-refractivity contribution in [3.05, 3.63) is 81.9 Å². The van der Waals surface area contributed by atoms with Gasteiger partial charge in [-0.2, -0.15) is 0 Å². The summed E-state index contributed by atoms with van der Waals surface area (Å²) in [6.45, 7) is 5.89. The number of rotatable bonds is 10. The van der Waals surface area contributed by atoms with Crippen LogP contribution in [0.25, 0.3) is 0 Å². The number of amides is 1. The third kappa shape index (κ3) is 6.30. The third-order valence-electron chi connectivity index (χ3n) is 4.31. The van der Waals surface area contributed by atoms with E-state index < -0.39 is 16.9 Å². The molecule has 0 saturated carbocycles. The molecule has 0 aliphatic heterocycles. The molecule has 1 heterocycles. The molecule has 0 saturated heterocycles. The zero-order valence-electron chi connectivity index (χ0n) is 17.4. The lowest BCUT2D eigenvalue weighted by Gasteiger charge is -2.15. The van der Waals surface area contributed by atoms with Crippen LogP contribution in [0.15, 0.2) is 60.3 Å². The van der Waals surface area contributed by atoms with E-state index in [1.54, 1.807) is 17.6 Å². The maximum atomic E-state index is 13.1. The molecule has 0 fully saturated rings. The summed E-state index contributed by atoms with van der Waals surface area (Å²) in [6, 6.07) is 9.41. The Hall–Kier alpha value is -3.44. The molecular formula is C21H19ClFN5O4S. The van der Waals surface area contributed by atoms with Crippen LogP contribution in [0, 0.1) is 15.9 Å². The van der Waals surface area contributed by atoms with Gasteiger partial charge < -0.3 is 10.1 Å². The Kier molecular flexibility index (Phi) is 8.01. The van der Waals surface area contributed by atoms with Gasteiger partial charge in [-0.15, -0.1) is 16.8 Å². The Morgan fingerprint density at radius 3 is 2.76 bits per heavy atom. The van der Waals surface area contributed by atoms with Gasteiger partial charge in [-0.3, -0.25) is 19.5 Å². The maximum Gasteiger partial charge on any atom is 0.271 e. The molecule has 0 bridgehead atoms. The van der Waals surface area contributed by atoms with E-state index in [-0.39, 0.29) is 28.0 Å². The number of carbonyl (C=O) groups is 1. The van der Waals surface area contributed by atoms with Crippen molar-refractivity contribution in [1.82, 2.24) is 14.8 Å². The van der Waals surface area contributed by atoms with Crippen molar-refractivity contribution in [2.24, 2.45) is 0 Å². The van der Waals surface area contributed by atoms with Crippen molar-refractivity contribution < 1.29 is 18.8 Å². The smallest absolute Gasteiger partial charge is 0.271 e. The highest BCUT2D eigenvalue weighted by molar-refractivity contribution is 7.99. The monoisotopic (exact) mass is 491 g/mol. The van der Waals surface area contributed by atoms with Gasteiger partial charge >= 0.3 is 0 Å². The van der Waals surface area contributed by atoms with Gasteiger partial charge in [0.1, 0.15) is 11.6 Å². The number of ether oxygens (including phenoxy) is 1. The number of thioether (sulfide) groups is 1. The first-order valence-corrected chi connectivity index (χ1v) is 11.0. The van der Waals surface area contributed by atoms with Crippen LogP contribution in [-0.4, -0.2) is 31.3 Å². The van der Waals surface area contributed by atoms with E-state index in [9.17, 15) is 19.3 Å². The predicted molar refractivity (Wildman–Crippen MR) is 123 cm³/mol. The molecule has 0 radical (unpaired) electrons. The number of non-ortho nitro benzene ring substituents is 1. The Bertz CT molecular complexity index is 1170. The number of nitro groups is 1. The van der Waals surface area contributed by atoms with Crippen LogP contribution < -0.4 is 10.1 Å². The number of nitrogens with zero attached hydrogens (tertiary/aromatic N) is 4. The second-order valence-electron chi connectivity index (χ2n) is 6.71. The predicted octanol–water partition coefficient (Wildman–Crippen LogP) is 5.04. The Morgan fingerprint density at radius 1 is 1.36 bits per heavy atom. The second-order valence-corrected chi connectivity index (χ2v) is 8.06. The molecule has 33 heavy (non-hydrogen) atoms. The fourth-order valence-corrected chi connectivity index (χ4v) is 3.74. The Morgan fingerprint density at radius 2 is 2.09 bits per heavy atom. The van der Waals surface area contributed by atoms with Crippen molar-refractivity contribution >= 4 is 40.6 Å². The van der Waals surface area contributed by atoms with Crippen LogP contribution in [0.5, 0.6) is 5.75 Å². The highest BCUT2D eigenvalue weighted by Crippen LogP contribution is 2.28. The Labute approximate surface area is 197 Å². The highest BCUT2D eigenvalue weighted by Gasteiger charge is 2.20. The van der Waals surface area contributed by atoms with E-state index in [1.807, 2.05) is 0 Å². The normalized spacial score (nSPS) is 11.6. The zero-order chi connectivity index (χ0) is 24.0. The molecule has 172 valence electrons. The average Bonchev–Trinajstić information content (AvgIpc) is 3.18. The number of carbonyl (C=O) groups excluding carboxylic acids is 1. The lowest BCUT2D eigenvalue weighted by molar-refractivity contribution is -0.384.